The van der Waals surface area contributed by atoms with Crippen molar-refractivity contribution < 1.29 is 9.53 Å². The van der Waals surface area contributed by atoms with Gasteiger partial charge >= 0.3 is 0 Å². The molecule has 1 aromatic rings. The predicted molar refractivity (Wildman–Crippen MR) is 75.5 cm³/mol. The molecule has 2 atom stereocenters. The van der Waals surface area contributed by atoms with E-state index in [4.69, 9.17) is 4.74 Å². The first kappa shape index (κ1) is 14.2. The number of hydrogen-bond donors (Lipinski definition) is 2. The molecule has 0 radical (unpaired) electrons. The van der Waals surface area contributed by atoms with Gasteiger partial charge in [-0.2, -0.15) is 0 Å². The molecule has 19 heavy (non-hydrogen) atoms. The summed E-state index contributed by atoms with van der Waals surface area (Å²) in [6.07, 6.45) is 0.899. The van der Waals surface area contributed by atoms with Crippen LogP contribution < -0.4 is 10.6 Å². The van der Waals surface area contributed by atoms with Crippen molar-refractivity contribution in [2.45, 2.75) is 25.5 Å². The Morgan fingerprint density at radius 2 is 2.21 bits per heavy atom. The van der Waals surface area contributed by atoms with Crippen molar-refractivity contribution in [1.29, 1.82) is 0 Å². The number of carbonyl (C=O) groups excluding carboxylic acids is 1. The number of carbonyl (C=O) groups is 1. The molecule has 2 rings (SSSR count). The topological polar surface area (TPSA) is 50.4 Å². The second-order valence-electron chi connectivity index (χ2n) is 4.80. The van der Waals surface area contributed by atoms with E-state index in [9.17, 15) is 4.79 Å². The monoisotopic (exact) mass is 262 g/mol. The zero-order valence-corrected chi connectivity index (χ0v) is 11.6. The quantitative estimate of drug-likeness (QED) is 0.790. The van der Waals surface area contributed by atoms with Crippen molar-refractivity contribution in [3.63, 3.8) is 0 Å². The Bertz CT molecular complexity index is 407. The maximum absolute atomic E-state index is 12.2. The fraction of sp³-hybridized carbons (Fsp3) is 0.533. The van der Waals surface area contributed by atoms with Crippen molar-refractivity contribution in [1.82, 2.24) is 10.6 Å². The molecule has 0 spiro atoms. The lowest BCUT2D eigenvalue weighted by Crippen LogP contribution is -2.34. The Balaban J connectivity index is 2.07. The zero-order valence-electron chi connectivity index (χ0n) is 11.6. The van der Waals surface area contributed by atoms with E-state index in [1.807, 2.05) is 38.2 Å². The number of likely N-dealkylation sites (N-methyl/N-ethyl adjacent to an activating group) is 1. The number of ether oxygens (including phenoxy) is 1. The molecule has 4 heteroatoms. The van der Waals surface area contributed by atoms with Crippen molar-refractivity contribution in [2.24, 2.45) is 0 Å². The third kappa shape index (κ3) is 3.41. The van der Waals surface area contributed by atoms with Crippen molar-refractivity contribution in [3.05, 3.63) is 35.4 Å². The number of Topliss-reactive ketones (excluding diaryl/α,β-unsaturated/α-hetero) is 1. The van der Waals surface area contributed by atoms with Gasteiger partial charge in [0, 0.05) is 18.7 Å². The van der Waals surface area contributed by atoms with E-state index in [0.717, 1.165) is 37.2 Å². The lowest BCUT2D eigenvalue weighted by Gasteiger charge is -2.24. The van der Waals surface area contributed by atoms with E-state index in [0.29, 0.717) is 0 Å². The lowest BCUT2D eigenvalue weighted by molar-refractivity contribution is 0.0277. The van der Waals surface area contributed by atoms with Crippen LogP contribution in [0.5, 0.6) is 0 Å². The van der Waals surface area contributed by atoms with Gasteiger partial charge in [0.15, 0.2) is 5.78 Å². The van der Waals surface area contributed by atoms with Crippen LogP contribution in [0.2, 0.25) is 0 Å². The standard InChI is InChI=1S/C15H22N2O2/c1-3-13(16-2)15(18)12-6-4-11(5-7-12)14-10-17-8-9-19-14/h4-7,13-14,16-17H,3,8-10H2,1-2H3. The molecule has 1 saturated heterocycles. The van der Waals surface area contributed by atoms with E-state index in [-0.39, 0.29) is 17.9 Å². The van der Waals surface area contributed by atoms with E-state index < -0.39 is 0 Å². The fourth-order valence-electron chi connectivity index (χ4n) is 2.36. The summed E-state index contributed by atoms with van der Waals surface area (Å²) in [7, 11) is 1.82. The maximum atomic E-state index is 12.2. The van der Waals surface area contributed by atoms with Crippen LogP contribution in [0.1, 0.15) is 35.4 Å². The van der Waals surface area contributed by atoms with Gasteiger partial charge in [-0.3, -0.25) is 4.79 Å². The molecule has 0 saturated carbocycles. The number of hydrogen-bond acceptors (Lipinski definition) is 4. The minimum atomic E-state index is -0.0987. The second-order valence-corrected chi connectivity index (χ2v) is 4.80. The molecule has 4 nitrogen and oxygen atoms in total. The Hall–Kier alpha value is -1.23. The van der Waals surface area contributed by atoms with E-state index in [1.165, 1.54) is 0 Å². The van der Waals surface area contributed by atoms with Gasteiger partial charge in [-0.1, -0.05) is 31.2 Å². The van der Waals surface area contributed by atoms with E-state index >= 15 is 0 Å². The summed E-state index contributed by atoms with van der Waals surface area (Å²) >= 11 is 0. The highest BCUT2D eigenvalue weighted by molar-refractivity contribution is 6.00. The molecule has 0 bridgehead atoms. The van der Waals surface area contributed by atoms with Crippen LogP contribution in [-0.2, 0) is 4.74 Å². The molecular formula is C15H22N2O2. The largest absolute Gasteiger partial charge is 0.371 e. The molecule has 0 aliphatic carbocycles. The average Bonchev–Trinajstić information content (AvgIpc) is 2.49. The number of ketones is 1. The molecule has 0 amide bonds. The fourth-order valence-corrected chi connectivity index (χ4v) is 2.36. The SMILES string of the molecule is CCC(NC)C(=O)c1ccc(C2CNCCO2)cc1. The molecule has 1 fully saturated rings. The predicted octanol–water partition coefficient (Wildman–Crippen LogP) is 1.53. The Kier molecular flexibility index (Phi) is 5.07. The summed E-state index contributed by atoms with van der Waals surface area (Å²) in [4.78, 5) is 12.2. The first-order valence-electron chi connectivity index (χ1n) is 6.90. The third-order valence-electron chi connectivity index (χ3n) is 3.57. The van der Waals surface area contributed by atoms with E-state index in [2.05, 4.69) is 10.6 Å². The van der Waals surface area contributed by atoms with Crippen LogP contribution >= 0.6 is 0 Å². The summed E-state index contributed by atoms with van der Waals surface area (Å²) in [5.74, 6) is 0.152. The summed E-state index contributed by atoms with van der Waals surface area (Å²) in [5.41, 5.74) is 1.88. The summed E-state index contributed by atoms with van der Waals surface area (Å²) < 4.78 is 5.69. The molecule has 104 valence electrons. The van der Waals surface area contributed by atoms with Gasteiger partial charge in [-0.05, 0) is 19.0 Å². The van der Waals surface area contributed by atoms with Gasteiger partial charge in [-0.15, -0.1) is 0 Å². The number of nitrogens with one attached hydrogen (secondary N) is 2. The highest BCUT2D eigenvalue weighted by atomic mass is 16.5. The van der Waals surface area contributed by atoms with Gasteiger partial charge in [0.1, 0.15) is 0 Å². The van der Waals surface area contributed by atoms with Crippen LogP contribution in [0, 0.1) is 0 Å². The number of benzene rings is 1. The zero-order chi connectivity index (χ0) is 13.7. The summed E-state index contributed by atoms with van der Waals surface area (Å²) in [6, 6.07) is 7.68. The van der Waals surface area contributed by atoms with Crippen LogP contribution in [-0.4, -0.2) is 38.6 Å². The number of rotatable bonds is 5. The minimum absolute atomic E-state index is 0.0987. The molecule has 1 aliphatic rings. The Morgan fingerprint density at radius 3 is 2.74 bits per heavy atom. The lowest BCUT2D eigenvalue weighted by atomic mass is 9.99. The Morgan fingerprint density at radius 1 is 1.47 bits per heavy atom. The highest BCUT2D eigenvalue weighted by Gasteiger charge is 2.18. The summed E-state index contributed by atoms with van der Waals surface area (Å²) in [6.45, 7) is 4.49. The molecule has 0 aromatic heterocycles. The first-order valence-corrected chi connectivity index (χ1v) is 6.90. The molecule has 2 unspecified atom stereocenters. The van der Waals surface area contributed by atoms with Gasteiger partial charge in [0.25, 0.3) is 0 Å². The molecular weight excluding hydrogens is 240 g/mol. The molecule has 1 heterocycles. The van der Waals surface area contributed by atoms with Gasteiger partial charge in [0.05, 0.1) is 18.8 Å². The van der Waals surface area contributed by atoms with Crippen molar-refractivity contribution >= 4 is 5.78 Å². The van der Waals surface area contributed by atoms with Crippen molar-refractivity contribution in [2.75, 3.05) is 26.7 Å². The van der Waals surface area contributed by atoms with Crippen LogP contribution in [0.3, 0.4) is 0 Å². The molecule has 1 aromatic carbocycles. The Labute approximate surface area is 114 Å². The summed E-state index contributed by atoms with van der Waals surface area (Å²) in [5, 5.41) is 6.35. The van der Waals surface area contributed by atoms with Gasteiger partial charge in [0.2, 0.25) is 0 Å². The normalized spacial score (nSPS) is 21.1. The van der Waals surface area contributed by atoms with Gasteiger partial charge < -0.3 is 15.4 Å². The highest BCUT2D eigenvalue weighted by Crippen LogP contribution is 2.19. The van der Waals surface area contributed by atoms with Crippen molar-refractivity contribution in [3.8, 4) is 0 Å². The van der Waals surface area contributed by atoms with Crippen LogP contribution in [0.4, 0.5) is 0 Å². The van der Waals surface area contributed by atoms with Crippen LogP contribution in [0.15, 0.2) is 24.3 Å². The smallest absolute Gasteiger partial charge is 0.179 e. The van der Waals surface area contributed by atoms with E-state index in [1.54, 1.807) is 0 Å². The molecule has 2 N–H and O–H groups in total. The maximum Gasteiger partial charge on any atom is 0.179 e. The average molecular weight is 262 g/mol. The molecule has 1 aliphatic heterocycles. The van der Waals surface area contributed by atoms with Crippen LogP contribution in [0.25, 0.3) is 0 Å². The first-order chi connectivity index (χ1) is 9.26. The minimum Gasteiger partial charge on any atom is -0.371 e. The second kappa shape index (κ2) is 6.80. The van der Waals surface area contributed by atoms with Gasteiger partial charge in [-0.25, -0.2) is 0 Å². The number of morpholine rings is 1. The third-order valence-corrected chi connectivity index (χ3v) is 3.57.